The molecule has 31 heavy (non-hydrogen) atoms. The van der Waals surface area contributed by atoms with E-state index in [-0.39, 0.29) is 34.8 Å². The number of aromatic hydroxyl groups is 1. The second-order valence-electron chi connectivity index (χ2n) is 7.79. The predicted molar refractivity (Wildman–Crippen MR) is 111 cm³/mol. The van der Waals surface area contributed by atoms with Crippen LogP contribution in [0.25, 0.3) is 22.8 Å². The summed E-state index contributed by atoms with van der Waals surface area (Å²) in [5, 5.41) is 32.8. The SMILES string of the molecule is [2H]C([2H])([2H])N(c1cnc(-c2ccc(-c3nnn(C([2H])([2H])[2H])n3)cc2O)nn1)[C@H]1C[C@@H]2CCC[C@H](N2)[C@H]1F. The number of piperidine rings is 2. The van der Waals surface area contributed by atoms with Crippen LogP contribution in [0.2, 0.25) is 0 Å². The van der Waals surface area contributed by atoms with Crippen LogP contribution in [0.5, 0.6) is 5.75 Å². The number of tetrazole rings is 1. The molecule has 2 fully saturated rings. The fraction of sp³-hybridized carbons (Fsp3) is 0.500. The molecule has 162 valence electrons. The molecular weight excluding hydrogens is 401 g/mol. The molecule has 4 heterocycles. The van der Waals surface area contributed by atoms with Crippen molar-refractivity contribution in [3.8, 4) is 28.5 Å². The number of hydrogen-bond acceptors (Lipinski definition) is 9. The first-order valence-electron chi connectivity index (χ1n) is 13.0. The molecule has 4 atom stereocenters. The van der Waals surface area contributed by atoms with Crippen LogP contribution >= 0.6 is 0 Å². The average Bonchev–Trinajstić information content (AvgIpc) is 3.34. The molecule has 2 aliphatic heterocycles. The summed E-state index contributed by atoms with van der Waals surface area (Å²) in [6, 6.07) is 2.99. The lowest BCUT2D eigenvalue weighted by Crippen LogP contribution is -2.61. The highest BCUT2D eigenvalue weighted by Gasteiger charge is 2.42. The van der Waals surface area contributed by atoms with Crippen molar-refractivity contribution in [3.63, 3.8) is 0 Å². The Morgan fingerprint density at radius 3 is 2.94 bits per heavy atom. The van der Waals surface area contributed by atoms with Gasteiger partial charge in [0.25, 0.3) is 0 Å². The first-order chi connectivity index (χ1) is 17.4. The summed E-state index contributed by atoms with van der Waals surface area (Å²) < 4.78 is 61.4. The van der Waals surface area contributed by atoms with E-state index < -0.39 is 32.2 Å². The molecule has 0 unspecified atom stereocenters. The van der Waals surface area contributed by atoms with Crippen molar-refractivity contribution in [3.05, 3.63) is 24.4 Å². The average molecular weight is 432 g/mol. The van der Waals surface area contributed by atoms with Gasteiger partial charge in [-0.3, -0.25) is 0 Å². The van der Waals surface area contributed by atoms with Crippen molar-refractivity contribution < 1.29 is 17.7 Å². The molecule has 2 aromatic heterocycles. The first kappa shape index (κ1) is 14.0. The number of phenolic OH excluding ortho intramolecular Hbond substituents is 1. The summed E-state index contributed by atoms with van der Waals surface area (Å²) in [6.45, 7) is -5.26. The second-order valence-corrected chi connectivity index (χ2v) is 7.79. The van der Waals surface area contributed by atoms with Gasteiger partial charge in [-0.05, 0) is 36.6 Å². The minimum Gasteiger partial charge on any atom is -0.507 e. The van der Waals surface area contributed by atoms with Crippen LogP contribution in [-0.2, 0) is 6.98 Å². The monoisotopic (exact) mass is 431 g/mol. The van der Waals surface area contributed by atoms with E-state index in [0.717, 1.165) is 17.7 Å². The molecular formula is C20H24FN9O. The Hall–Kier alpha value is -3.21. The Morgan fingerprint density at radius 1 is 1.26 bits per heavy atom. The fourth-order valence-electron chi connectivity index (χ4n) is 4.29. The molecule has 0 aliphatic carbocycles. The molecule has 2 aliphatic rings. The summed E-state index contributed by atoms with van der Waals surface area (Å²) >= 11 is 0. The zero-order valence-corrected chi connectivity index (χ0v) is 16.4. The summed E-state index contributed by atoms with van der Waals surface area (Å²) in [6.07, 6.45) is 2.53. The van der Waals surface area contributed by atoms with Crippen molar-refractivity contribution in [2.75, 3.05) is 11.9 Å². The van der Waals surface area contributed by atoms with E-state index in [2.05, 4.69) is 35.9 Å². The van der Waals surface area contributed by atoms with Gasteiger partial charge in [0.05, 0.1) is 24.8 Å². The number of rotatable bonds is 4. The van der Waals surface area contributed by atoms with Gasteiger partial charge in [-0.1, -0.05) is 12.5 Å². The fourth-order valence-corrected chi connectivity index (χ4v) is 4.29. The molecule has 0 saturated carbocycles. The van der Waals surface area contributed by atoms with Gasteiger partial charge in [0, 0.05) is 32.8 Å². The Kier molecular flexibility index (Phi) is 3.51. The minimum atomic E-state index is -2.67. The Balaban J connectivity index is 1.41. The van der Waals surface area contributed by atoms with Crippen LogP contribution in [0, 0.1) is 0 Å². The number of halogens is 1. The number of fused-ring (bicyclic) bond motifs is 2. The summed E-state index contributed by atoms with van der Waals surface area (Å²) in [4.78, 5) is 5.67. The summed E-state index contributed by atoms with van der Waals surface area (Å²) in [7, 11) is 0. The van der Waals surface area contributed by atoms with E-state index in [0.29, 0.717) is 23.2 Å². The van der Waals surface area contributed by atoms with Gasteiger partial charge in [0.15, 0.2) is 11.6 Å². The van der Waals surface area contributed by atoms with E-state index in [1.54, 1.807) is 0 Å². The predicted octanol–water partition coefficient (Wildman–Crippen LogP) is 1.49. The van der Waals surface area contributed by atoms with E-state index in [1.165, 1.54) is 24.4 Å². The van der Waals surface area contributed by atoms with Crippen LogP contribution in [-0.4, -0.2) is 71.8 Å². The molecule has 2 saturated heterocycles. The van der Waals surface area contributed by atoms with Gasteiger partial charge >= 0.3 is 0 Å². The zero-order chi connectivity index (χ0) is 26.5. The highest BCUT2D eigenvalue weighted by Crippen LogP contribution is 2.33. The van der Waals surface area contributed by atoms with Crippen LogP contribution in [0.3, 0.4) is 0 Å². The van der Waals surface area contributed by atoms with Crippen molar-refractivity contribution >= 4 is 5.82 Å². The molecule has 1 aromatic carbocycles. The highest BCUT2D eigenvalue weighted by molar-refractivity contribution is 5.69. The van der Waals surface area contributed by atoms with Gasteiger partial charge in [-0.15, -0.1) is 20.4 Å². The number of aromatic nitrogens is 7. The lowest BCUT2D eigenvalue weighted by molar-refractivity contribution is 0.107. The number of nitrogens with zero attached hydrogens (tertiary/aromatic N) is 8. The van der Waals surface area contributed by atoms with Crippen molar-refractivity contribution in [1.82, 2.24) is 40.7 Å². The number of nitrogens with one attached hydrogen (secondary N) is 1. The number of aryl methyl sites for hydroxylation is 1. The Labute approximate surface area is 186 Å². The molecule has 11 heteroatoms. The summed E-state index contributed by atoms with van der Waals surface area (Å²) in [5.74, 6) is -0.345. The van der Waals surface area contributed by atoms with Crippen molar-refractivity contribution in [2.45, 2.75) is 50.0 Å². The lowest BCUT2D eigenvalue weighted by Gasteiger charge is -2.45. The quantitative estimate of drug-likeness (QED) is 0.633. The number of alkyl halides is 1. The lowest BCUT2D eigenvalue weighted by atomic mass is 9.82. The third-order valence-electron chi connectivity index (χ3n) is 5.83. The van der Waals surface area contributed by atoms with Gasteiger partial charge in [-0.2, -0.15) is 4.80 Å². The van der Waals surface area contributed by atoms with Crippen LogP contribution in [0.1, 0.15) is 33.9 Å². The minimum absolute atomic E-state index is 0.00630. The van der Waals surface area contributed by atoms with Gasteiger partial charge < -0.3 is 15.3 Å². The van der Waals surface area contributed by atoms with Gasteiger partial charge in [-0.25, -0.2) is 9.37 Å². The van der Waals surface area contributed by atoms with E-state index in [1.807, 2.05) is 0 Å². The summed E-state index contributed by atoms with van der Waals surface area (Å²) in [5.41, 5.74) is 0.492. The molecule has 2 bridgehead atoms. The maximum atomic E-state index is 15.3. The second kappa shape index (κ2) is 7.80. The number of anilines is 1. The van der Waals surface area contributed by atoms with E-state index in [9.17, 15) is 5.11 Å². The maximum Gasteiger partial charge on any atom is 0.205 e. The van der Waals surface area contributed by atoms with E-state index >= 15 is 4.39 Å². The first-order valence-corrected chi connectivity index (χ1v) is 9.95. The maximum absolute atomic E-state index is 15.3. The molecule has 10 nitrogen and oxygen atoms in total. The standard InChI is InChI=1S/C20H24FN9O/c1-29(15-9-12-4-3-5-14(23-12)18(15)21)17-10-22-20(25-24-17)13-7-6-11(8-16(13)31)19-26-28-30(2)27-19/h6-8,10,12,14-15,18,23,31H,3-5,9H2,1-2H3/t12-,14-,15-,18+/m0/s1/i1D3,2D3. The molecule has 5 rings (SSSR count). The number of phenols is 1. The molecule has 0 amide bonds. The van der Waals surface area contributed by atoms with Crippen LogP contribution < -0.4 is 10.2 Å². The smallest absolute Gasteiger partial charge is 0.205 e. The van der Waals surface area contributed by atoms with Crippen LogP contribution in [0.4, 0.5) is 10.2 Å². The van der Waals surface area contributed by atoms with Crippen molar-refractivity contribution in [1.29, 1.82) is 0 Å². The Bertz CT molecular complexity index is 1270. The zero-order valence-electron chi connectivity index (χ0n) is 22.4. The Morgan fingerprint density at radius 2 is 2.19 bits per heavy atom. The van der Waals surface area contributed by atoms with Gasteiger partial charge in [0.2, 0.25) is 5.82 Å². The molecule has 3 aromatic rings. The number of benzene rings is 1. The number of hydrogen-bond donors (Lipinski definition) is 2. The van der Waals surface area contributed by atoms with E-state index in [4.69, 9.17) is 8.22 Å². The van der Waals surface area contributed by atoms with Crippen molar-refractivity contribution in [2.24, 2.45) is 6.98 Å². The topological polar surface area (TPSA) is 118 Å². The van der Waals surface area contributed by atoms with Crippen LogP contribution in [0.15, 0.2) is 24.4 Å². The molecule has 0 spiro atoms. The largest absolute Gasteiger partial charge is 0.507 e. The third-order valence-corrected chi connectivity index (χ3v) is 5.83. The normalized spacial score (nSPS) is 29.1. The molecule has 0 radical (unpaired) electrons. The molecule has 2 N–H and O–H groups in total. The highest BCUT2D eigenvalue weighted by atomic mass is 19.1. The third kappa shape index (κ3) is 3.69. The van der Waals surface area contributed by atoms with Gasteiger partial charge in [0.1, 0.15) is 11.9 Å².